The van der Waals surface area contributed by atoms with Gasteiger partial charge in [0.15, 0.2) is 0 Å². The second-order valence-electron chi connectivity index (χ2n) is 3.80. The fraction of sp³-hybridized carbons (Fsp3) is 0.231. The van der Waals surface area contributed by atoms with Crippen LogP contribution in [0.4, 0.5) is 0 Å². The standard InChI is InChI=1S/C13H13NO3S/c1-8-6-11(18-7-12(15)16)9-4-3-5-10(17-2)13(9)14-8/h3-6H,7H2,1-2H3,(H,15,16). The maximum atomic E-state index is 10.7. The first-order chi connectivity index (χ1) is 8.61. The van der Waals surface area contributed by atoms with Crippen LogP contribution < -0.4 is 4.74 Å². The molecule has 0 amide bonds. The van der Waals surface area contributed by atoms with Crippen LogP contribution in [-0.4, -0.2) is 28.9 Å². The number of carboxylic acid groups (broad SMARTS) is 1. The predicted molar refractivity (Wildman–Crippen MR) is 71.4 cm³/mol. The molecule has 1 aromatic carbocycles. The fourth-order valence-corrected chi connectivity index (χ4v) is 2.59. The van der Waals surface area contributed by atoms with Crippen LogP contribution in [-0.2, 0) is 4.79 Å². The zero-order valence-electron chi connectivity index (χ0n) is 10.1. The molecular weight excluding hydrogens is 250 g/mol. The molecule has 0 saturated heterocycles. The minimum Gasteiger partial charge on any atom is -0.494 e. The third kappa shape index (κ3) is 2.56. The Hall–Kier alpha value is -1.75. The summed E-state index contributed by atoms with van der Waals surface area (Å²) in [6.07, 6.45) is 0. The first-order valence-electron chi connectivity index (χ1n) is 5.41. The smallest absolute Gasteiger partial charge is 0.313 e. The van der Waals surface area contributed by atoms with Gasteiger partial charge in [0, 0.05) is 16.0 Å². The Labute approximate surface area is 109 Å². The van der Waals surface area contributed by atoms with Crippen molar-refractivity contribution in [2.24, 2.45) is 0 Å². The number of nitrogens with zero attached hydrogens (tertiary/aromatic N) is 1. The van der Waals surface area contributed by atoms with E-state index in [4.69, 9.17) is 9.84 Å². The number of para-hydroxylation sites is 1. The normalized spacial score (nSPS) is 10.6. The van der Waals surface area contributed by atoms with Crippen LogP contribution in [0, 0.1) is 6.92 Å². The molecule has 0 saturated carbocycles. The van der Waals surface area contributed by atoms with Gasteiger partial charge in [-0.1, -0.05) is 12.1 Å². The van der Waals surface area contributed by atoms with E-state index < -0.39 is 5.97 Å². The molecule has 0 aliphatic rings. The molecule has 2 aromatic rings. The second-order valence-corrected chi connectivity index (χ2v) is 4.82. The maximum Gasteiger partial charge on any atom is 0.313 e. The van der Waals surface area contributed by atoms with Gasteiger partial charge in [0.1, 0.15) is 11.3 Å². The minimum absolute atomic E-state index is 0.0375. The van der Waals surface area contributed by atoms with E-state index in [0.29, 0.717) is 5.75 Å². The van der Waals surface area contributed by atoms with Gasteiger partial charge in [-0.05, 0) is 19.1 Å². The Balaban J connectivity index is 2.55. The summed E-state index contributed by atoms with van der Waals surface area (Å²) in [6.45, 7) is 1.89. The number of aliphatic carboxylic acids is 1. The quantitative estimate of drug-likeness (QED) is 0.859. The number of methoxy groups -OCH3 is 1. The van der Waals surface area contributed by atoms with E-state index in [1.165, 1.54) is 11.8 Å². The van der Waals surface area contributed by atoms with E-state index in [1.807, 2.05) is 31.2 Å². The van der Waals surface area contributed by atoms with E-state index in [2.05, 4.69) is 4.98 Å². The summed E-state index contributed by atoms with van der Waals surface area (Å²) in [7, 11) is 1.60. The number of aryl methyl sites for hydroxylation is 1. The summed E-state index contributed by atoms with van der Waals surface area (Å²) in [5.74, 6) is -0.0886. The Morgan fingerprint density at radius 2 is 2.28 bits per heavy atom. The van der Waals surface area contributed by atoms with Gasteiger partial charge in [0.2, 0.25) is 0 Å². The Kier molecular flexibility index (Phi) is 3.72. The summed E-state index contributed by atoms with van der Waals surface area (Å²) < 4.78 is 5.27. The van der Waals surface area contributed by atoms with Crippen molar-refractivity contribution in [3.8, 4) is 5.75 Å². The first-order valence-corrected chi connectivity index (χ1v) is 6.39. The lowest BCUT2D eigenvalue weighted by atomic mass is 10.2. The summed E-state index contributed by atoms with van der Waals surface area (Å²) in [6, 6.07) is 7.55. The number of carboxylic acids is 1. The number of fused-ring (bicyclic) bond motifs is 1. The largest absolute Gasteiger partial charge is 0.494 e. The maximum absolute atomic E-state index is 10.7. The third-order valence-electron chi connectivity index (χ3n) is 2.46. The fourth-order valence-electron chi connectivity index (χ4n) is 1.74. The van der Waals surface area contributed by atoms with Crippen LogP contribution in [0.5, 0.6) is 5.75 Å². The average molecular weight is 263 g/mol. The molecule has 1 aromatic heterocycles. The van der Waals surface area contributed by atoms with Gasteiger partial charge >= 0.3 is 5.97 Å². The molecule has 5 heteroatoms. The number of thioether (sulfide) groups is 1. The van der Waals surface area contributed by atoms with E-state index in [1.54, 1.807) is 7.11 Å². The van der Waals surface area contributed by atoms with Gasteiger partial charge in [-0.2, -0.15) is 0 Å². The number of carbonyl (C=O) groups is 1. The molecule has 94 valence electrons. The van der Waals surface area contributed by atoms with Crippen LogP contribution in [0.25, 0.3) is 10.9 Å². The van der Waals surface area contributed by atoms with Gasteiger partial charge in [0.25, 0.3) is 0 Å². The summed E-state index contributed by atoms with van der Waals surface area (Å²) in [4.78, 5) is 16.0. The third-order valence-corrected chi connectivity index (χ3v) is 3.50. The van der Waals surface area contributed by atoms with Crippen LogP contribution >= 0.6 is 11.8 Å². The monoisotopic (exact) mass is 263 g/mol. The van der Waals surface area contributed by atoms with Crippen molar-refractivity contribution in [2.45, 2.75) is 11.8 Å². The summed E-state index contributed by atoms with van der Waals surface area (Å²) >= 11 is 1.30. The van der Waals surface area contributed by atoms with E-state index in [-0.39, 0.29) is 5.75 Å². The molecule has 0 atom stereocenters. The van der Waals surface area contributed by atoms with Crippen molar-refractivity contribution in [2.75, 3.05) is 12.9 Å². The number of hydrogen-bond acceptors (Lipinski definition) is 4. The first kappa shape index (κ1) is 12.7. The zero-order chi connectivity index (χ0) is 13.1. The molecule has 0 fully saturated rings. The molecule has 18 heavy (non-hydrogen) atoms. The van der Waals surface area contributed by atoms with Gasteiger partial charge in [-0.3, -0.25) is 4.79 Å². The predicted octanol–water partition coefficient (Wildman–Crippen LogP) is 2.73. The van der Waals surface area contributed by atoms with Gasteiger partial charge in [-0.15, -0.1) is 11.8 Å². The number of hydrogen-bond donors (Lipinski definition) is 1. The number of benzene rings is 1. The molecular formula is C13H13NO3S. The van der Waals surface area contributed by atoms with Crippen LogP contribution in [0.1, 0.15) is 5.69 Å². The number of ether oxygens (including phenoxy) is 1. The van der Waals surface area contributed by atoms with Crippen molar-refractivity contribution < 1.29 is 14.6 Å². The lowest BCUT2D eigenvalue weighted by Crippen LogP contribution is -1.98. The van der Waals surface area contributed by atoms with Crippen molar-refractivity contribution >= 4 is 28.6 Å². The van der Waals surface area contributed by atoms with Crippen molar-refractivity contribution in [3.63, 3.8) is 0 Å². The highest BCUT2D eigenvalue weighted by molar-refractivity contribution is 8.00. The van der Waals surface area contributed by atoms with Crippen LogP contribution in [0.2, 0.25) is 0 Å². The molecule has 4 nitrogen and oxygen atoms in total. The minimum atomic E-state index is -0.828. The molecule has 2 rings (SSSR count). The number of pyridine rings is 1. The van der Waals surface area contributed by atoms with E-state index in [0.717, 1.165) is 21.5 Å². The second kappa shape index (κ2) is 5.27. The Morgan fingerprint density at radius 3 is 2.94 bits per heavy atom. The molecule has 0 spiro atoms. The highest BCUT2D eigenvalue weighted by Crippen LogP contribution is 2.32. The SMILES string of the molecule is COc1cccc2c(SCC(=O)O)cc(C)nc12. The van der Waals surface area contributed by atoms with E-state index >= 15 is 0 Å². The lowest BCUT2D eigenvalue weighted by Gasteiger charge is -2.09. The molecule has 0 unspecified atom stereocenters. The number of aromatic nitrogens is 1. The highest BCUT2D eigenvalue weighted by atomic mass is 32.2. The zero-order valence-corrected chi connectivity index (χ0v) is 11.0. The Morgan fingerprint density at radius 1 is 1.50 bits per heavy atom. The number of rotatable bonds is 4. The van der Waals surface area contributed by atoms with Gasteiger partial charge in [0.05, 0.1) is 12.9 Å². The molecule has 1 heterocycles. The van der Waals surface area contributed by atoms with Crippen molar-refractivity contribution in [1.29, 1.82) is 0 Å². The highest BCUT2D eigenvalue weighted by Gasteiger charge is 2.10. The summed E-state index contributed by atoms with van der Waals surface area (Å²) in [5.41, 5.74) is 1.62. The van der Waals surface area contributed by atoms with Crippen molar-refractivity contribution in [1.82, 2.24) is 4.98 Å². The van der Waals surface area contributed by atoms with Crippen LogP contribution in [0.3, 0.4) is 0 Å². The summed E-state index contributed by atoms with van der Waals surface area (Å²) in [5, 5.41) is 9.68. The molecule has 0 aliphatic carbocycles. The van der Waals surface area contributed by atoms with Crippen LogP contribution in [0.15, 0.2) is 29.2 Å². The van der Waals surface area contributed by atoms with Gasteiger partial charge < -0.3 is 9.84 Å². The molecule has 0 bridgehead atoms. The van der Waals surface area contributed by atoms with Crippen molar-refractivity contribution in [3.05, 3.63) is 30.0 Å². The molecule has 0 radical (unpaired) electrons. The topological polar surface area (TPSA) is 59.4 Å². The van der Waals surface area contributed by atoms with Gasteiger partial charge in [-0.25, -0.2) is 4.98 Å². The lowest BCUT2D eigenvalue weighted by molar-refractivity contribution is -0.133. The Bertz CT molecular complexity index is 598. The molecule has 0 aliphatic heterocycles. The molecule has 1 N–H and O–H groups in total. The average Bonchev–Trinajstić information content (AvgIpc) is 2.35. The van der Waals surface area contributed by atoms with E-state index in [9.17, 15) is 4.79 Å².